The minimum Gasteiger partial charge on any atom is -0.378 e. The summed E-state index contributed by atoms with van der Waals surface area (Å²) in [4.78, 5) is 24.6. The van der Waals surface area contributed by atoms with Gasteiger partial charge in [0.15, 0.2) is 0 Å². The van der Waals surface area contributed by atoms with Crippen LogP contribution in [0.15, 0.2) is 54.9 Å². The summed E-state index contributed by atoms with van der Waals surface area (Å²) in [6.45, 7) is 6.97. The van der Waals surface area contributed by atoms with Crippen LogP contribution >= 0.6 is 11.3 Å². The molecule has 170 valence electrons. The van der Waals surface area contributed by atoms with E-state index in [1.54, 1.807) is 35.5 Å². The van der Waals surface area contributed by atoms with Gasteiger partial charge in [-0.15, -0.1) is 11.3 Å². The molecule has 1 aromatic carbocycles. The van der Waals surface area contributed by atoms with E-state index in [-0.39, 0.29) is 18.4 Å². The second kappa shape index (κ2) is 10.1. The second-order valence-corrected chi connectivity index (χ2v) is 9.40. The van der Waals surface area contributed by atoms with E-state index in [2.05, 4.69) is 54.4 Å². The molecule has 0 radical (unpaired) electrons. The number of hydrogen-bond donors (Lipinski definition) is 1. The number of hydrogen-bond acceptors (Lipinski definition) is 6. The molecular weight excluding hydrogens is 434 g/mol. The Labute approximate surface area is 197 Å². The molecule has 3 aromatic heterocycles. The molecule has 7 nitrogen and oxygen atoms in total. The van der Waals surface area contributed by atoms with E-state index < -0.39 is 0 Å². The fraction of sp³-hybridized carbons (Fsp3) is 0.280. The lowest BCUT2D eigenvalue weighted by molar-refractivity contribution is 0.0946. The van der Waals surface area contributed by atoms with Crippen LogP contribution in [-0.2, 0) is 11.3 Å². The van der Waals surface area contributed by atoms with Gasteiger partial charge in [0, 0.05) is 35.2 Å². The van der Waals surface area contributed by atoms with Crippen molar-refractivity contribution in [3.63, 3.8) is 0 Å². The van der Waals surface area contributed by atoms with E-state index >= 15 is 0 Å². The number of nitrogens with zero attached hydrogens (tertiary/aromatic N) is 4. The molecule has 0 unspecified atom stereocenters. The van der Waals surface area contributed by atoms with E-state index in [0.717, 1.165) is 11.3 Å². The molecule has 3 heterocycles. The molecule has 1 atom stereocenters. The molecule has 33 heavy (non-hydrogen) atoms. The Balaban J connectivity index is 1.59. The van der Waals surface area contributed by atoms with Crippen LogP contribution in [-0.4, -0.2) is 39.3 Å². The van der Waals surface area contributed by atoms with Crippen LogP contribution in [0.25, 0.3) is 17.2 Å². The molecule has 0 aliphatic heterocycles. The van der Waals surface area contributed by atoms with Gasteiger partial charge in [-0.25, -0.2) is 9.97 Å². The molecule has 1 N–H and O–H groups in total. The molecule has 0 bridgehead atoms. The number of methoxy groups -OCH3 is 1. The number of carbonyl (C=O) groups excluding carboxylic acids is 1. The minimum absolute atomic E-state index is 0.188. The first-order valence-electron chi connectivity index (χ1n) is 10.8. The van der Waals surface area contributed by atoms with Gasteiger partial charge in [0.1, 0.15) is 0 Å². The standard InChI is InChI=1S/C25H27N5O2S/c1-16(19-8-6-5-7-9-19)13-27-24(31)21-14-28-30(23(21)15-32-4)25-26-11-10-22(29-25)20-12-17(2)33-18(20)3/h5-12,14,16H,13,15H2,1-4H3,(H,27,31)/t16-/m0/s1. The number of amides is 1. The number of benzene rings is 1. The molecular formula is C25H27N5O2S. The fourth-order valence-corrected chi connectivity index (χ4v) is 4.67. The Morgan fingerprint density at radius 2 is 2.00 bits per heavy atom. The smallest absolute Gasteiger partial charge is 0.254 e. The Morgan fingerprint density at radius 1 is 1.21 bits per heavy atom. The van der Waals surface area contributed by atoms with Gasteiger partial charge in [-0.3, -0.25) is 4.79 Å². The quantitative estimate of drug-likeness (QED) is 0.412. The molecule has 0 aliphatic rings. The van der Waals surface area contributed by atoms with Crippen LogP contribution in [0.3, 0.4) is 0 Å². The zero-order chi connectivity index (χ0) is 23.4. The average Bonchev–Trinajstić information content (AvgIpc) is 3.40. The minimum atomic E-state index is -0.198. The molecule has 4 rings (SSSR count). The molecule has 4 aromatic rings. The van der Waals surface area contributed by atoms with E-state index in [1.807, 2.05) is 24.3 Å². The molecule has 1 amide bonds. The molecule has 0 spiro atoms. The number of ether oxygens (including phenoxy) is 1. The van der Waals surface area contributed by atoms with Gasteiger partial charge in [-0.1, -0.05) is 37.3 Å². The Morgan fingerprint density at radius 3 is 2.70 bits per heavy atom. The van der Waals surface area contributed by atoms with Gasteiger partial charge in [0.05, 0.1) is 29.8 Å². The molecule has 0 saturated carbocycles. The summed E-state index contributed by atoms with van der Waals surface area (Å²) >= 11 is 1.74. The van der Waals surface area contributed by atoms with Crippen LogP contribution in [0.2, 0.25) is 0 Å². The Bertz CT molecular complexity index is 1250. The van der Waals surface area contributed by atoms with Crippen molar-refractivity contribution in [3.8, 4) is 17.2 Å². The normalized spacial score (nSPS) is 12.0. The van der Waals surface area contributed by atoms with Crippen LogP contribution in [0.4, 0.5) is 0 Å². The summed E-state index contributed by atoms with van der Waals surface area (Å²) in [6, 6.07) is 14.1. The van der Waals surface area contributed by atoms with Crippen LogP contribution in [0.5, 0.6) is 0 Å². The van der Waals surface area contributed by atoms with Gasteiger partial charge < -0.3 is 10.1 Å². The highest BCUT2D eigenvalue weighted by atomic mass is 32.1. The maximum Gasteiger partial charge on any atom is 0.254 e. The summed E-state index contributed by atoms with van der Waals surface area (Å²) in [7, 11) is 1.59. The monoisotopic (exact) mass is 461 g/mol. The van der Waals surface area contributed by atoms with Crippen molar-refractivity contribution in [2.24, 2.45) is 0 Å². The zero-order valence-corrected chi connectivity index (χ0v) is 20.0. The highest BCUT2D eigenvalue weighted by Gasteiger charge is 2.21. The summed E-state index contributed by atoms with van der Waals surface area (Å²) < 4.78 is 6.96. The van der Waals surface area contributed by atoms with Crippen molar-refractivity contribution >= 4 is 17.2 Å². The first-order valence-corrected chi connectivity index (χ1v) is 11.6. The predicted molar refractivity (Wildman–Crippen MR) is 130 cm³/mol. The van der Waals surface area contributed by atoms with Gasteiger partial charge >= 0.3 is 0 Å². The predicted octanol–water partition coefficient (Wildman–Crippen LogP) is 4.69. The maximum absolute atomic E-state index is 13.0. The third kappa shape index (κ3) is 5.02. The van der Waals surface area contributed by atoms with Crippen LogP contribution in [0.1, 0.15) is 44.2 Å². The van der Waals surface area contributed by atoms with Gasteiger partial charge in [0.25, 0.3) is 11.9 Å². The highest BCUT2D eigenvalue weighted by Crippen LogP contribution is 2.29. The number of aromatic nitrogens is 4. The largest absolute Gasteiger partial charge is 0.378 e. The van der Waals surface area contributed by atoms with E-state index in [4.69, 9.17) is 9.72 Å². The number of aryl methyl sites for hydroxylation is 2. The van der Waals surface area contributed by atoms with Gasteiger partial charge in [-0.2, -0.15) is 9.78 Å². The summed E-state index contributed by atoms with van der Waals surface area (Å²) in [5.41, 5.74) is 4.14. The van der Waals surface area contributed by atoms with E-state index in [1.165, 1.54) is 15.3 Å². The average molecular weight is 462 g/mol. The number of nitrogens with one attached hydrogen (secondary N) is 1. The Hall–Kier alpha value is -3.36. The summed E-state index contributed by atoms with van der Waals surface area (Å²) in [5.74, 6) is 0.393. The number of thiophene rings is 1. The number of rotatable bonds is 8. The van der Waals surface area contributed by atoms with Crippen LogP contribution < -0.4 is 5.32 Å². The fourth-order valence-electron chi connectivity index (χ4n) is 3.74. The maximum atomic E-state index is 13.0. The highest BCUT2D eigenvalue weighted by molar-refractivity contribution is 7.12. The summed E-state index contributed by atoms with van der Waals surface area (Å²) in [5, 5.41) is 7.45. The molecule has 0 fully saturated rings. The van der Waals surface area contributed by atoms with Gasteiger partial charge in [-0.05, 0) is 37.5 Å². The van der Waals surface area contributed by atoms with Crippen molar-refractivity contribution in [1.82, 2.24) is 25.1 Å². The van der Waals surface area contributed by atoms with Crippen molar-refractivity contribution < 1.29 is 9.53 Å². The summed E-state index contributed by atoms with van der Waals surface area (Å²) in [6.07, 6.45) is 3.26. The lowest BCUT2D eigenvalue weighted by Crippen LogP contribution is -2.28. The molecule has 0 aliphatic carbocycles. The Kier molecular flexibility index (Phi) is 6.96. The zero-order valence-electron chi connectivity index (χ0n) is 19.2. The van der Waals surface area contributed by atoms with Crippen molar-refractivity contribution in [2.75, 3.05) is 13.7 Å². The third-order valence-corrected chi connectivity index (χ3v) is 6.45. The third-order valence-electron chi connectivity index (χ3n) is 5.48. The first kappa shape index (κ1) is 22.8. The van der Waals surface area contributed by atoms with Crippen molar-refractivity contribution in [2.45, 2.75) is 33.3 Å². The van der Waals surface area contributed by atoms with Gasteiger partial charge in [0.2, 0.25) is 0 Å². The lowest BCUT2D eigenvalue weighted by Gasteiger charge is -2.13. The molecule has 8 heteroatoms. The first-order chi connectivity index (χ1) is 16.0. The lowest BCUT2D eigenvalue weighted by atomic mass is 10.0. The van der Waals surface area contributed by atoms with Crippen molar-refractivity contribution in [3.05, 3.63) is 81.4 Å². The second-order valence-electron chi connectivity index (χ2n) is 7.94. The van der Waals surface area contributed by atoms with E-state index in [0.29, 0.717) is 23.8 Å². The van der Waals surface area contributed by atoms with Crippen LogP contribution in [0, 0.1) is 13.8 Å². The van der Waals surface area contributed by atoms with Crippen molar-refractivity contribution in [1.29, 1.82) is 0 Å². The topological polar surface area (TPSA) is 81.9 Å². The van der Waals surface area contributed by atoms with E-state index in [9.17, 15) is 4.79 Å². The SMILES string of the molecule is COCc1c(C(=O)NC[C@H](C)c2ccccc2)cnn1-c1nccc(-c2cc(C)sc2C)n1. The number of carbonyl (C=O) groups is 1. The molecule has 0 saturated heterocycles.